The van der Waals surface area contributed by atoms with Crippen molar-refractivity contribution in [3.8, 4) is 0 Å². The first kappa shape index (κ1) is 9.64. The van der Waals surface area contributed by atoms with Crippen molar-refractivity contribution in [1.29, 1.82) is 0 Å². The molecule has 1 fully saturated rings. The van der Waals surface area contributed by atoms with E-state index in [0.717, 1.165) is 5.71 Å². The van der Waals surface area contributed by atoms with E-state index in [0.29, 0.717) is 12.8 Å². The van der Waals surface area contributed by atoms with Crippen LogP contribution in [0.5, 0.6) is 0 Å². The number of carbonyl (C=O) groups is 1. The Balaban J connectivity index is 2.15. The third kappa shape index (κ3) is 1.66. The third-order valence-corrected chi connectivity index (χ3v) is 4.25. The first-order valence-corrected chi connectivity index (χ1v) is 6.37. The van der Waals surface area contributed by atoms with Gasteiger partial charge in [0.15, 0.2) is 9.84 Å². The van der Waals surface area contributed by atoms with Crippen molar-refractivity contribution in [2.45, 2.75) is 25.8 Å². The minimum Gasteiger partial charge on any atom is -0.273 e. The van der Waals surface area contributed by atoms with E-state index in [4.69, 9.17) is 0 Å². The molecule has 1 amide bonds. The summed E-state index contributed by atoms with van der Waals surface area (Å²) in [7, 11) is -2.94. The molecule has 1 atom stereocenters. The molecule has 0 unspecified atom stereocenters. The van der Waals surface area contributed by atoms with Crippen molar-refractivity contribution in [2.75, 3.05) is 11.5 Å². The van der Waals surface area contributed by atoms with Gasteiger partial charge in [-0.2, -0.15) is 5.10 Å². The van der Waals surface area contributed by atoms with E-state index in [1.165, 1.54) is 5.01 Å². The van der Waals surface area contributed by atoms with Crippen LogP contribution in [-0.2, 0) is 14.6 Å². The Kier molecular flexibility index (Phi) is 2.10. The van der Waals surface area contributed by atoms with Crippen molar-refractivity contribution in [3.05, 3.63) is 0 Å². The Morgan fingerprint density at radius 1 is 1.50 bits per heavy atom. The van der Waals surface area contributed by atoms with E-state index < -0.39 is 9.84 Å². The second kappa shape index (κ2) is 3.05. The zero-order valence-corrected chi connectivity index (χ0v) is 8.75. The monoisotopic (exact) mass is 216 g/mol. The number of rotatable bonds is 1. The maximum absolute atomic E-state index is 11.4. The smallest absolute Gasteiger partial charge is 0.248 e. The highest BCUT2D eigenvalue weighted by atomic mass is 32.2. The van der Waals surface area contributed by atoms with Crippen LogP contribution in [0.1, 0.15) is 19.8 Å². The second-order valence-corrected chi connectivity index (χ2v) is 6.04. The third-order valence-electron chi connectivity index (χ3n) is 2.50. The highest BCUT2D eigenvalue weighted by Crippen LogP contribution is 2.21. The fourth-order valence-corrected chi connectivity index (χ4v) is 3.52. The van der Waals surface area contributed by atoms with Gasteiger partial charge in [0, 0.05) is 5.71 Å². The number of nitrogens with zero attached hydrogens (tertiary/aromatic N) is 2. The Morgan fingerprint density at radius 3 is 2.64 bits per heavy atom. The van der Waals surface area contributed by atoms with Gasteiger partial charge in [0.25, 0.3) is 0 Å². The van der Waals surface area contributed by atoms with Crippen molar-refractivity contribution in [1.82, 2.24) is 5.01 Å². The first-order valence-electron chi connectivity index (χ1n) is 4.54. The maximum atomic E-state index is 11.4. The number of hydrazone groups is 1. The van der Waals surface area contributed by atoms with Crippen LogP contribution in [0.2, 0.25) is 0 Å². The average molecular weight is 216 g/mol. The molecular weight excluding hydrogens is 204 g/mol. The van der Waals surface area contributed by atoms with Crippen LogP contribution >= 0.6 is 0 Å². The molecule has 2 aliphatic heterocycles. The second-order valence-electron chi connectivity index (χ2n) is 3.81. The van der Waals surface area contributed by atoms with Gasteiger partial charge in [-0.3, -0.25) is 4.79 Å². The van der Waals surface area contributed by atoms with Crippen LogP contribution in [0.25, 0.3) is 0 Å². The van der Waals surface area contributed by atoms with Gasteiger partial charge in [-0.15, -0.1) is 0 Å². The van der Waals surface area contributed by atoms with Gasteiger partial charge in [-0.25, -0.2) is 13.4 Å². The summed E-state index contributed by atoms with van der Waals surface area (Å²) >= 11 is 0. The molecule has 2 rings (SSSR count). The molecule has 6 heteroatoms. The van der Waals surface area contributed by atoms with E-state index >= 15 is 0 Å². The Hall–Kier alpha value is -0.910. The molecular formula is C8H12N2O3S. The van der Waals surface area contributed by atoms with Crippen molar-refractivity contribution in [2.24, 2.45) is 5.10 Å². The summed E-state index contributed by atoms with van der Waals surface area (Å²) in [5, 5.41) is 5.40. The highest BCUT2D eigenvalue weighted by molar-refractivity contribution is 7.91. The molecule has 0 aromatic rings. The summed E-state index contributed by atoms with van der Waals surface area (Å²) in [6, 6.07) is -0.232. The van der Waals surface area contributed by atoms with Gasteiger partial charge in [0.2, 0.25) is 5.91 Å². The minimum atomic E-state index is -2.94. The number of sulfone groups is 1. The van der Waals surface area contributed by atoms with Gasteiger partial charge in [0.05, 0.1) is 24.0 Å². The van der Waals surface area contributed by atoms with E-state index in [2.05, 4.69) is 5.10 Å². The molecule has 1 saturated heterocycles. The lowest BCUT2D eigenvalue weighted by molar-refractivity contribution is -0.130. The summed E-state index contributed by atoms with van der Waals surface area (Å²) < 4.78 is 22.4. The van der Waals surface area contributed by atoms with Crippen LogP contribution in [0, 0.1) is 0 Å². The predicted molar refractivity (Wildman–Crippen MR) is 51.6 cm³/mol. The number of amides is 1. The highest BCUT2D eigenvalue weighted by Gasteiger charge is 2.36. The van der Waals surface area contributed by atoms with E-state index in [1.807, 2.05) is 0 Å². The Morgan fingerprint density at radius 2 is 2.21 bits per heavy atom. The van der Waals surface area contributed by atoms with Crippen molar-refractivity contribution in [3.63, 3.8) is 0 Å². The lowest BCUT2D eigenvalue weighted by Gasteiger charge is -2.17. The molecule has 0 radical (unpaired) electrons. The fraction of sp³-hybridized carbons (Fsp3) is 0.750. The molecule has 2 aliphatic rings. The van der Waals surface area contributed by atoms with Crippen molar-refractivity contribution >= 4 is 21.5 Å². The number of hydrogen-bond acceptors (Lipinski definition) is 4. The normalized spacial score (nSPS) is 30.9. The van der Waals surface area contributed by atoms with Crippen LogP contribution < -0.4 is 0 Å². The fourth-order valence-electron chi connectivity index (χ4n) is 1.83. The molecule has 78 valence electrons. The molecule has 0 aromatic heterocycles. The van der Waals surface area contributed by atoms with Crippen LogP contribution in [0.3, 0.4) is 0 Å². The summed E-state index contributed by atoms with van der Waals surface area (Å²) in [6.07, 6.45) is 0.849. The first-order chi connectivity index (χ1) is 6.48. The molecule has 5 nitrogen and oxygen atoms in total. The zero-order valence-electron chi connectivity index (χ0n) is 7.93. The SMILES string of the molecule is CC1=NN([C@H]2CCS(=O)(=O)C2)C(=O)C1. The molecule has 0 aliphatic carbocycles. The van der Waals surface area contributed by atoms with Crippen LogP contribution in [-0.4, -0.2) is 42.6 Å². The van der Waals surface area contributed by atoms with Gasteiger partial charge in [-0.1, -0.05) is 0 Å². The number of carbonyl (C=O) groups excluding carboxylic acids is 1. The topological polar surface area (TPSA) is 66.8 Å². The Labute approximate surface area is 82.7 Å². The quantitative estimate of drug-likeness (QED) is 0.608. The van der Waals surface area contributed by atoms with Gasteiger partial charge < -0.3 is 0 Å². The average Bonchev–Trinajstić information content (AvgIpc) is 2.55. The molecule has 14 heavy (non-hydrogen) atoms. The Bertz CT molecular complexity index is 399. The zero-order chi connectivity index (χ0) is 10.3. The summed E-state index contributed by atoms with van der Waals surface area (Å²) in [5.41, 5.74) is 0.763. The van der Waals surface area contributed by atoms with Gasteiger partial charge >= 0.3 is 0 Å². The van der Waals surface area contributed by atoms with E-state index in [1.54, 1.807) is 6.92 Å². The summed E-state index contributed by atoms with van der Waals surface area (Å²) in [4.78, 5) is 11.4. The van der Waals surface area contributed by atoms with Gasteiger partial charge in [-0.05, 0) is 13.3 Å². The minimum absolute atomic E-state index is 0.0650. The maximum Gasteiger partial charge on any atom is 0.248 e. The largest absolute Gasteiger partial charge is 0.273 e. The van der Waals surface area contributed by atoms with Crippen molar-refractivity contribution < 1.29 is 13.2 Å². The molecule has 0 bridgehead atoms. The molecule has 0 spiro atoms. The summed E-state index contributed by atoms with van der Waals surface area (Å²) in [6.45, 7) is 1.78. The van der Waals surface area contributed by atoms with Gasteiger partial charge in [0.1, 0.15) is 0 Å². The lowest BCUT2D eigenvalue weighted by Crippen LogP contribution is -2.33. The van der Waals surface area contributed by atoms with Crippen LogP contribution in [0.4, 0.5) is 0 Å². The molecule has 2 heterocycles. The lowest BCUT2D eigenvalue weighted by atomic mass is 10.2. The van der Waals surface area contributed by atoms with Crippen LogP contribution in [0.15, 0.2) is 5.10 Å². The molecule has 0 N–H and O–H groups in total. The van der Waals surface area contributed by atoms with E-state index in [9.17, 15) is 13.2 Å². The molecule has 0 aromatic carbocycles. The standard InChI is InChI=1S/C8H12N2O3S/c1-6-4-8(11)10(9-6)7-2-3-14(12,13)5-7/h7H,2-5H2,1H3/t7-/m0/s1. The summed E-state index contributed by atoms with van der Waals surface area (Å²) in [5.74, 6) is 0.163. The van der Waals surface area contributed by atoms with E-state index in [-0.39, 0.29) is 23.5 Å². The predicted octanol–water partition coefficient (Wildman–Crippen LogP) is -0.218. The molecule has 0 saturated carbocycles. The number of hydrogen-bond donors (Lipinski definition) is 0.